The molecule has 3 rings (SSSR count). The van der Waals surface area contributed by atoms with Gasteiger partial charge >= 0.3 is 0 Å². The molecule has 0 bridgehead atoms. The molecule has 0 aromatic heterocycles. The van der Waals surface area contributed by atoms with Crippen LogP contribution >= 0.6 is 0 Å². The Morgan fingerprint density at radius 2 is 1.65 bits per heavy atom. The highest BCUT2D eigenvalue weighted by Crippen LogP contribution is 2.24. The fourth-order valence-electron chi connectivity index (χ4n) is 3.31. The van der Waals surface area contributed by atoms with E-state index in [0.717, 1.165) is 17.5 Å². The maximum absolute atomic E-state index is 13.9. The molecule has 4 N–H and O–H groups in total. The molecule has 0 saturated heterocycles. The molecule has 0 aliphatic heterocycles. The van der Waals surface area contributed by atoms with Crippen molar-refractivity contribution in [2.24, 2.45) is 5.73 Å². The summed E-state index contributed by atoms with van der Waals surface area (Å²) in [6.07, 6.45) is 0.922. The minimum absolute atomic E-state index is 0.251. The van der Waals surface area contributed by atoms with Crippen molar-refractivity contribution in [2.75, 3.05) is 5.32 Å². The number of nitrogens with two attached hydrogens (primary N) is 1. The van der Waals surface area contributed by atoms with Crippen LogP contribution in [0.5, 0.6) is 0 Å². The number of halogens is 1. The molecule has 2 atom stereocenters. The molecular weight excluding hydrogens is 393 g/mol. The van der Waals surface area contributed by atoms with Crippen LogP contribution in [0.25, 0.3) is 0 Å². The number of rotatable bonds is 8. The third kappa shape index (κ3) is 5.77. The summed E-state index contributed by atoms with van der Waals surface area (Å²) in [7, 11) is 0. The molecule has 0 unspecified atom stereocenters. The standard InChI is InChI=1S/C25H26FN3O2/c1-3-17-7-9-18(10-8-17)23(20-5-4-6-21(26)15-20)28-16(2)25(31)29-22-13-11-19(12-14-22)24(27)30/h4-16,23,28H,3H2,1-2H3,(H2,27,30)(H,29,31)/t16-,23-/m1/s1. The molecular formula is C25H26FN3O2. The molecule has 0 radical (unpaired) electrons. The lowest BCUT2D eigenvalue weighted by atomic mass is 9.96. The molecule has 31 heavy (non-hydrogen) atoms. The number of benzene rings is 3. The SMILES string of the molecule is CCc1ccc([C@@H](N[C@H](C)C(=O)Nc2ccc(C(N)=O)cc2)c2cccc(F)c2)cc1. The fraction of sp³-hybridized carbons (Fsp3) is 0.200. The van der Waals surface area contributed by atoms with Gasteiger partial charge in [-0.1, -0.05) is 43.3 Å². The molecule has 0 aliphatic rings. The Balaban J connectivity index is 1.79. The number of carbonyl (C=O) groups excluding carboxylic acids is 2. The van der Waals surface area contributed by atoms with E-state index >= 15 is 0 Å². The lowest BCUT2D eigenvalue weighted by molar-refractivity contribution is -0.117. The van der Waals surface area contributed by atoms with E-state index in [0.29, 0.717) is 11.3 Å². The highest BCUT2D eigenvalue weighted by molar-refractivity contribution is 5.96. The fourth-order valence-corrected chi connectivity index (χ4v) is 3.31. The maximum Gasteiger partial charge on any atom is 0.248 e. The van der Waals surface area contributed by atoms with Gasteiger partial charge in [0.25, 0.3) is 0 Å². The summed E-state index contributed by atoms with van der Waals surface area (Å²) < 4.78 is 13.9. The molecule has 6 heteroatoms. The van der Waals surface area contributed by atoms with Crippen molar-refractivity contribution in [3.05, 3.63) is 101 Å². The van der Waals surface area contributed by atoms with Gasteiger partial charge in [-0.05, 0) is 66.4 Å². The second-order valence-corrected chi connectivity index (χ2v) is 7.40. The Kier molecular flexibility index (Phi) is 7.15. The van der Waals surface area contributed by atoms with Crippen molar-refractivity contribution < 1.29 is 14.0 Å². The average Bonchev–Trinajstić information content (AvgIpc) is 2.77. The third-order valence-electron chi connectivity index (χ3n) is 5.15. The monoisotopic (exact) mass is 419 g/mol. The van der Waals surface area contributed by atoms with Gasteiger partial charge in [-0.15, -0.1) is 0 Å². The molecule has 0 saturated carbocycles. The van der Waals surface area contributed by atoms with Crippen LogP contribution in [-0.4, -0.2) is 17.9 Å². The predicted molar refractivity (Wildman–Crippen MR) is 120 cm³/mol. The molecule has 3 aromatic rings. The largest absolute Gasteiger partial charge is 0.366 e. The molecule has 160 valence electrons. The minimum Gasteiger partial charge on any atom is -0.366 e. The van der Waals surface area contributed by atoms with Crippen molar-refractivity contribution >= 4 is 17.5 Å². The zero-order valence-corrected chi connectivity index (χ0v) is 17.6. The van der Waals surface area contributed by atoms with Crippen LogP contribution in [-0.2, 0) is 11.2 Å². The normalized spacial score (nSPS) is 12.7. The average molecular weight is 420 g/mol. The first-order valence-corrected chi connectivity index (χ1v) is 10.2. The van der Waals surface area contributed by atoms with E-state index in [-0.39, 0.29) is 17.8 Å². The molecule has 5 nitrogen and oxygen atoms in total. The Labute approximate surface area is 181 Å². The first-order valence-electron chi connectivity index (χ1n) is 10.2. The summed E-state index contributed by atoms with van der Waals surface area (Å²) in [5.74, 6) is -1.11. The number of primary amides is 1. The van der Waals surface area contributed by atoms with Crippen LogP contribution < -0.4 is 16.4 Å². The van der Waals surface area contributed by atoms with E-state index in [1.54, 1.807) is 37.3 Å². The van der Waals surface area contributed by atoms with Crippen LogP contribution in [0.1, 0.15) is 46.9 Å². The van der Waals surface area contributed by atoms with Crippen molar-refractivity contribution in [2.45, 2.75) is 32.4 Å². The number of aryl methyl sites for hydroxylation is 1. The number of amides is 2. The van der Waals surface area contributed by atoms with Crippen LogP contribution in [0.15, 0.2) is 72.8 Å². The highest BCUT2D eigenvalue weighted by Gasteiger charge is 2.21. The zero-order valence-electron chi connectivity index (χ0n) is 17.6. The van der Waals surface area contributed by atoms with E-state index in [1.165, 1.54) is 17.7 Å². The van der Waals surface area contributed by atoms with Crippen LogP contribution in [0.3, 0.4) is 0 Å². The molecule has 0 spiro atoms. The van der Waals surface area contributed by atoms with E-state index in [9.17, 15) is 14.0 Å². The van der Waals surface area contributed by atoms with Gasteiger partial charge in [-0.3, -0.25) is 14.9 Å². The van der Waals surface area contributed by atoms with Gasteiger partial charge in [0, 0.05) is 11.3 Å². The summed E-state index contributed by atoms with van der Waals surface area (Å²) >= 11 is 0. The highest BCUT2D eigenvalue weighted by atomic mass is 19.1. The number of hydrogen-bond donors (Lipinski definition) is 3. The Morgan fingerprint density at radius 1 is 0.968 bits per heavy atom. The van der Waals surface area contributed by atoms with Gasteiger partial charge in [-0.2, -0.15) is 0 Å². The van der Waals surface area contributed by atoms with Gasteiger partial charge in [0.1, 0.15) is 5.82 Å². The zero-order chi connectivity index (χ0) is 22.4. The quantitative estimate of drug-likeness (QED) is 0.512. The minimum atomic E-state index is -0.574. The molecule has 2 amide bonds. The lowest BCUT2D eigenvalue weighted by Crippen LogP contribution is -2.40. The van der Waals surface area contributed by atoms with Crippen molar-refractivity contribution in [3.63, 3.8) is 0 Å². The van der Waals surface area contributed by atoms with E-state index < -0.39 is 11.9 Å². The van der Waals surface area contributed by atoms with Crippen molar-refractivity contribution in [1.29, 1.82) is 0 Å². The summed E-state index contributed by atoms with van der Waals surface area (Å²) in [5.41, 5.74) is 9.04. The van der Waals surface area contributed by atoms with Gasteiger partial charge in [0.2, 0.25) is 11.8 Å². The maximum atomic E-state index is 13.9. The molecule has 3 aromatic carbocycles. The van der Waals surface area contributed by atoms with Crippen LogP contribution in [0.2, 0.25) is 0 Å². The van der Waals surface area contributed by atoms with Gasteiger partial charge in [0.05, 0.1) is 12.1 Å². The number of nitrogens with one attached hydrogen (secondary N) is 2. The smallest absolute Gasteiger partial charge is 0.248 e. The van der Waals surface area contributed by atoms with Crippen molar-refractivity contribution in [1.82, 2.24) is 5.32 Å². The van der Waals surface area contributed by atoms with Gasteiger partial charge in [0.15, 0.2) is 0 Å². The number of anilines is 1. The van der Waals surface area contributed by atoms with E-state index in [4.69, 9.17) is 5.73 Å². The first kappa shape index (κ1) is 22.2. The van der Waals surface area contributed by atoms with Crippen LogP contribution in [0, 0.1) is 5.82 Å². The Morgan fingerprint density at radius 3 is 2.23 bits per heavy atom. The number of hydrogen-bond acceptors (Lipinski definition) is 3. The first-order chi connectivity index (χ1) is 14.9. The Bertz CT molecular complexity index is 1050. The topological polar surface area (TPSA) is 84.2 Å². The summed E-state index contributed by atoms with van der Waals surface area (Å²) in [6, 6.07) is 19.8. The second-order valence-electron chi connectivity index (χ2n) is 7.40. The van der Waals surface area contributed by atoms with E-state index in [2.05, 4.69) is 17.6 Å². The third-order valence-corrected chi connectivity index (χ3v) is 5.15. The van der Waals surface area contributed by atoms with Gasteiger partial charge < -0.3 is 11.1 Å². The second kappa shape index (κ2) is 10.00. The molecule has 0 heterocycles. The van der Waals surface area contributed by atoms with Gasteiger partial charge in [-0.25, -0.2) is 4.39 Å². The summed E-state index contributed by atoms with van der Waals surface area (Å²) in [6.45, 7) is 3.83. The predicted octanol–water partition coefficient (Wildman–Crippen LogP) is 4.19. The Hall–Kier alpha value is -3.51. The summed E-state index contributed by atoms with van der Waals surface area (Å²) in [4.78, 5) is 24.0. The lowest BCUT2D eigenvalue weighted by Gasteiger charge is -2.24. The number of carbonyl (C=O) groups is 2. The molecule has 0 aliphatic carbocycles. The van der Waals surface area contributed by atoms with Crippen LogP contribution in [0.4, 0.5) is 10.1 Å². The summed E-state index contributed by atoms with van der Waals surface area (Å²) in [5, 5.41) is 6.13. The van der Waals surface area contributed by atoms with E-state index in [1.807, 2.05) is 30.3 Å². The van der Waals surface area contributed by atoms with Crippen molar-refractivity contribution in [3.8, 4) is 0 Å². The molecule has 0 fully saturated rings.